The van der Waals surface area contributed by atoms with Crippen molar-refractivity contribution >= 4 is 16.0 Å². The quantitative estimate of drug-likeness (QED) is 0.695. The molecule has 1 fully saturated rings. The predicted molar refractivity (Wildman–Crippen MR) is 93.8 cm³/mol. The fourth-order valence-electron chi connectivity index (χ4n) is 3.18. The smallest absolute Gasteiger partial charge is 0.339 e. The molecule has 1 saturated heterocycles. The van der Waals surface area contributed by atoms with E-state index in [2.05, 4.69) is 28.2 Å². The maximum atomic E-state index is 12.5. The van der Waals surface area contributed by atoms with E-state index in [9.17, 15) is 18.3 Å². The Labute approximate surface area is 149 Å². The minimum atomic E-state index is -3.93. The first-order valence-electron chi connectivity index (χ1n) is 8.37. The molecule has 0 bridgehead atoms. The van der Waals surface area contributed by atoms with E-state index in [1.54, 1.807) is 6.07 Å². The molecule has 2 rings (SSSR count). The molecule has 1 heterocycles. The van der Waals surface area contributed by atoms with Crippen molar-refractivity contribution in [2.45, 2.75) is 49.8 Å². The predicted octanol–water partition coefficient (Wildman–Crippen LogP) is 0.985. The highest BCUT2D eigenvalue weighted by molar-refractivity contribution is 7.89. The molecule has 2 N–H and O–H groups in total. The van der Waals surface area contributed by atoms with E-state index in [0.29, 0.717) is 18.6 Å². The third-order valence-corrected chi connectivity index (χ3v) is 6.13. The Bertz CT molecular complexity index is 697. The first-order chi connectivity index (χ1) is 11.8. The molecule has 1 aliphatic rings. The van der Waals surface area contributed by atoms with Gasteiger partial charge in [-0.15, -0.1) is 0 Å². The number of aliphatic hydroxyl groups is 1. The lowest BCUT2D eigenvalue weighted by molar-refractivity contribution is 0.0596. The van der Waals surface area contributed by atoms with Crippen LogP contribution in [0.3, 0.4) is 0 Å². The van der Waals surface area contributed by atoms with Crippen LogP contribution in [0.5, 0.6) is 0 Å². The van der Waals surface area contributed by atoms with Crippen molar-refractivity contribution in [2.75, 3.05) is 20.2 Å². The number of hydrogen-bond acceptors (Lipinski definition) is 6. The second-order valence-electron chi connectivity index (χ2n) is 6.47. The minimum absolute atomic E-state index is 0.0335. The van der Waals surface area contributed by atoms with Crippen molar-refractivity contribution in [1.82, 2.24) is 9.62 Å². The van der Waals surface area contributed by atoms with Gasteiger partial charge in [0.15, 0.2) is 0 Å². The van der Waals surface area contributed by atoms with Gasteiger partial charge < -0.3 is 9.84 Å². The van der Waals surface area contributed by atoms with E-state index in [1.165, 1.54) is 25.3 Å². The Kier molecular flexibility index (Phi) is 6.56. The number of aliphatic hydroxyl groups excluding tert-OH is 1. The molecular formula is C17H26N2O5S. The van der Waals surface area contributed by atoms with E-state index >= 15 is 0 Å². The number of nitrogens with zero attached hydrogens (tertiary/aromatic N) is 1. The second-order valence-corrected chi connectivity index (χ2v) is 8.20. The van der Waals surface area contributed by atoms with Crippen LogP contribution in [-0.2, 0) is 14.8 Å². The number of likely N-dealkylation sites (tertiary alicyclic amines) is 1. The van der Waals surface area contributed by atoms with Crippen molar-refractivity contribution in [3.05, 3.63) is 29.8 Å². The minimum Gasteiger partial charge on any atom is -0.465 e. The number of methoxy groups -OCH3 is 1. The van der Waals surface area contributed by atoms with E-state index in [-0.39, 0.29) is 17.0 Å². The molecule has 0 radical (unpaired) electrons. The molecule has 0 spiro atoms. The van der Waals surface area contributed by atoms with Gasteiger partial charge in [-0.05, 0) is 38.8 Å². The lowest BCUT2D eigenvalue weighted by atomic mass is 10.2. The summed E-state index contributed by atoms with van der Waals surface area (Å²) in [6.07, 6.45) is 1.32. The third kappa shape index (κ3) is 4.78. The highest BCUT2D eigenvalue weighted by atomic mass is 32.2. The molecule has 7 nitrogen and oxygen atoms in total. The van der Waals surface area contributed by atoms with Crippen LogP contribution in [0.4, 0.5) is 0 Å². The largest absolute Gasteiger partial charge is 0.465 e. The van der Waals surface area contributed by atoms with Crippen LogP contribution >= 0.6 is 0 Å². The third-order valence-electron chi connectivity index (χ3n) is 4.65. The number of sulfonamides is 1. The van der Waals surface area contributed by atoms with Gasteiger partial charge in [0, 0.05) is 25.2 Å². The molecule has 1 aromatic rings. The van der Waals surface area contributed by atoms with Crippen LogP contribution in [0.1, 0.15) is 37.0 Å². The van der Waals surface area contributed by atoms with E-state index < -0.39 is 22.1 Å². The van der Waals surface area contributed by atoms with Crippen LogP contribution in [0, 0.1) is 0 Å². The number of carbonyl (C=O) groups excluding carboxylic acids is 1. The molecule has 0 aliphatic carbocycles. The maximum Gasteiger partial charge on any atom is 0.339 e. The second kappa shape index (κ2) is 8.27. The summed E-state index contributed by atoms with van der Waals surface area (Å²) in [6.45, 7) is 4.50. The Morgan fingerprint density at radius 3 is 2.52 bits per heavy atom. The Balaban J connectivity index is 2.03. The van der Waals surface area contributed by atoms with Crippen molar-refractivity contribution < 1.29 is 23.1 Å². The molecule has 140 valence electrons. The maximum absolute atomic E-state index is 12.5. The van der Waals surface area contributed by atoms with Gasteiger partial charge in [0.1, 0.15) is 0 Å². The van der Waals surface area contributed by atoms with Crippen LogP contribution < -0.4 is 4.72 Å². The zero-order chi connectivity index (χ0) is 18.6. The number of rotatable bonds is 7. The van der Waals surface area contributed by atoms with Crippen LogP contribution in [-0.4, -0.2) is 62.8 Å². The molecule has 1 aliphatic heterocycles. The lowest BCUT2D eigenvalue weighted by Gasteiger charge is -2.28. The fraction of sp³-hybridized carbons (Fsp3) is 0.588. The van der Waals surface area contributed by atoms with Crippen molar-refractivity contribution in [2.24, 2.45) is 0 Å². The topological polar surface area (TPSA) is 95.9 Å². The molecule has 0 aromatic heterocycles. The molecule has 8 heteroatoms. The summed E-state index contributed by atoms with van der Waals surface area (Å²) in [5.74, 6) is -0.721. The average Bonchev–Trinajstić information content (AvgIpc) is 2.91. The summed E-state index contributed by atoms with van der Waals surface area (Å²) in [6, 6.07) is 6.58. The number of nitrogens with one attached hydrogen (secondary N) is 1. The van der Waals surface area contributed by atoms with Crippen molar-refractivity contribution in [3.63, 3.8) is 0 Å². The molecular weight excluding hydrogens is 344 g/mol. The van der Waals surface area contributed by atoms with Gasteiger partial charge in [-0.1, -0.05) is 12.1 Å². The normalized spacial score (nSPS) is 22.7. The first-order valence-corrected chi connectivity index (χ1v) is 9.85. The summed E-state index contributed by atoms with van der Waals surface area (Å²) < 4.78 is 32.0. The van der Waals surface area contributed by atoms with E-state index in [0.717, 1.165) is 12.8 Å². The standard InChI is InChI=1S/C17H26N2O5S/c1-12-8-9-13(2)19(12)11-14(20)10-18-25(22,23)16-7-5-4-6-15(16)17(21)24-3/h4-7,12-14,18,20H,8-11H2,1-3H3/t12?,13?,14-/m0/s1. The fourth-order valence-corrected chi connectivity index (χ4v) is 4.45. The molecule has 25 heavy (non-hydrogen) atoms. The van der Waals surface area contributed by atoms with Crippen LogP contribution in [0.25, 0.3) is 0 Å². The van der Waals surface area contributed by atoms with Gasteiger partial charge in [-0.3, -0.25) is 4.90 Å². The van der Waals surface area contributed by atoms with Crippen molar-refractivity contribution in [3.8, 4) is 0 Å². The van der Waals surface area contributed by atoms with Gasteiger partial charge in [0.2, 0.25) is 10.0 Å². The zero-order valence-electron chi connectivity index (χ0n) is 14.8. The highest BCUT2D eigenvalue weighted by Crippen LogP contribution is 2.23. The van der Waals surface area contributed by atoms with Crippen LogP contribution in [0.2, 0.25) is 0 Å². The monoisotopic (exact) mass is 370 g/mol. The number of ether oxygens (including phenoxy) is 1. The molecule has 1 aromatic carbocycles. The summed E-state index contributed by atoms with van der Waals surface area (Å²) in [4.78, 5) is 13.8. The van der Waals surface area contributed by atoms with E-state index in [1.807, 2.05) is 0 Å². The molecule has 0 amide bonds. The van der Waals surface area contributed by atoms with Gasteiger partial charge in [-0.25, -0.2) is 17.9 Å². The summed E-state index contributed by atoms with van der Waals surface area (Å²) in [5, 5.41) is 10.2. The number of esters is 1. The molecule has 2 unspecified atom stereocenters. The van der Waals surface area contributed by atoms with E-state index in [4.69, 9.17) is 0 Å². The number of carbonyl (C=O) groups is 1. The Morgan fingerprint density at radius 2 is 1.92 bits per heavy atom. The number of benzene rings is 1. The highest BCUT2D eigenvalue weighted by Gasteiger charge is 2.29. The number of β-amino-alcohol motifs (C(OH)–C–C–N with tert-alkyl or cyclic N) is 1. The van der Waals surface area contributed by atoms with Gasteiger partial charge in [-0.2, -0.15) is 0 Å². The van der Waals surface area contributed by atoms with Gasteiger partial charge in [0.25, 0.3) is 0 Å². The van der Waals surface area contributed by atoms with Gasteiger partial charge >= 0.3 is 5.97 Å². The summed E-state index contributed by atoms with van der Waals surface area (Å²) >= 11 is 0. The lowest BCUT2D eigenvalue weighted by Crippen LogP contribution is -2.43. The SMILES string of the molecule is COC(=O)c1ccccc1S(=O)(=O)NC[C@H](O)CN1C(C)CCC1C. The number of hydrogen-bond donors (Lipinski definition) is 2. The zero-order valence-corrected chi connectivity index (χ0v) is 15.6. The molecule has 0 saturated carbocycles. The average molecular weight is 370 g/mol. The molecule has 3 atom stereocenters. The first kappa shape index (κ1) is 19.8. The summed E-state index contributed by atoms with van der Waals surface area (Å²) in [5.41, 5.74) is -0.0335. The van der Waals surface area contributed by atoms with Crippen molar-refractivity contribution in [1.29, 1.82) is 0 Å². The van der Waals surface area contributed by atoms with Crippen LogP contribution in [0.15, 0.2) is 29.2 Å². The van der Waals surface area contributed by atoms with Gasteiger partial charge in [0.05, 0.1) is 23.7 Å². The Hall–Kier alpha value is -1.48. The summed E-state index contributed by atoms with van der Waals surface area (Å²) in [7, 11) is -2.74. The Morgan fingerprint density at radius 1 is 1.32 bits per heavy atom.